The number of halogens is 3. The Labute approximate surface area is 193 Å². The molecule has 0 atom stereocenters. The molecule has 6 nitrogen and oxygen atoms in total. The van der Waals surface area contributed by atoms with E-state index in [1.54, 1.807) is 24.3 Å². The molecule has 0 aliphatic heterocycles. The number of hydrogen-bond acceptors (Lipinski definition) is 5. The Morgan fingerprint density at radius 2 is 1.79 bits per heavy atom. The lowest BCUT2D eigenvalue weighted by atomic mass is 10.0. The Hall–Kier alpha value is -4.06. The van der Waals surface area contributed by atoms with E-state index in [9.17, 15) is 22.8 Å². The minimum Gasteiger partial charge on any atom is -0.310 e. The van der Waals surface area contributed by atoms with Crippen LogP contribution in [0.3, 0.4) is 0 Å². The van der Waals surface area contributed by atoms with E-state index in [4.69, 9.17) is 5.26 Å². The SMILES string of the molecule is N#Cc1ccc(CCC(=O)c2cc(-c3ccc(C(F)(F)F)nc3)cc(NC(=O)C3CC3)n2)cc1. The number of amides is 1. The quantitative estimate of drug-likeness (QED) is 0.485. The molecule has 0 spiro atoms. The maximum atomic E-state index is 12.9. The molecular weight excluding hydrogens is 445 g/mol. The van der Waals surface area contributed by atoms with Gasteiger partial charge in [0, 0.05) is 24.1 Å². The van der Waals surface area contributed by atoms with Crippen LogP contribution in [0, 0.1) is 17.2 Å². The molecule has 0 bridgehead atoms. The summed E-state index contributed by atoms with van der Waals surface area (Å²) in [5.74, 6) is -0.413. The largest absolute Gasteiger partial charge is 0.433 e. The molecule has 1 aliphatic carbocycles. The molecule has 2 heterocycles. The van der Waals surface area contributed by atoms with E-state index in [2.05, 4.69) is 15.3 Å². The number of nitriles is 1. The number of rotatable bonds is 7. The number of nitrogens with one attached hydrogen (secondary N) is 1. The molecule has 9 heteroatoms. The molecule has 0 unspecified atom stereocenters. The van der Waals surface area contributed by atoms with E-state index in [1.807, 2.05) is 6.07 Å². The minimum absolute atomic E-state index is 0.0891. The van der Waals surface area contributed by atoms with E-state index in [0.29, 0.717) is 23.1 Å². The van der Waals surface area contributed by atoms with Gasteiger partial charge in [-0.2, -0.15) is 18.4 Å². The molecule has 1 amide bonds. The standard InChI is InChI=1S/C25H19F3N4O2/c26-25(27,28)22-10-8-18(14-30-22)19-11-20(31-23(12-19)32-24(34)17-6-7-17)21(33)9-5-15-1-3-16(13-29)4-2-15/h1-4,8,10-12,14,17H,5-7,9H2,(H,31,32,34). The van der Waals surface area contributed by atoms with Gasteiger partial charge in [-0.15, -0.1) is 0 Å². The third kappa shape index (κ3) is 5.64. The monoisotopic (exact) mass is 464 g/mol. The number of aryl methyl sites for hydroxylation is 1. The van der Waals surface area contributed by atoms with Crippen LogP contribution in [0.1, 0.15) is 46.6 Å². The van der Waals surface area contributed by atoms with Gasteiger partial charge in [0.05, 0.1) is 11.6 Å². The predicted molar refractivity (Wildman–Crippen MR) is 118 cm³/mol. The third-order valence-corrected chi connectivity index (χ3v) is 5.42. The number of aromatic nitrogens is 2. The van der Waals surface area contributed by atoms with Crippen molar-refractivity contribution < 1.29 is 22.8 Å². The fourth-order valence-electron chi connectivity index (χ4n) is 3.34. The van der Waals surface area contributed by atoms with Crippen LogP contribution in [0.2, 0.25) is 0 Å². The molecule has 1 aliphatic rings. The van der Waals surface area contributed by atoms with Crippen LogP contribution in [-0.2, 0) is 17.4 Å². The van der Waals surface area contributed by atoms with Crippen molar-refractivity contribution in [2.24, 2.45) is 5.92 Å². The zero-order chi connectivity index (χ0) is 24.3. The average molecular weight is 464 g/mol. The van der Waals surface area contributed by atoms with Gasteiger partial charge >= 0.3 is 6.18 Å². The molecule has 1 N–H and O–H groups in total. The summed E-state index contributed by atoms with van der Waals surface area (Å²) in [6, 6.07) is 14.0. The summed E-state index contributed by atoms with van der Waals surface area (Å²) < 4.78 is 38.6. The van der Waals surface area contributed by atoms with Gasteiger partial charge in [-0.05, 0) is 60.7 Å². The summed E-state index contributed by atoms with van der Waals surface area (Å²) in [4.78, 5) is 32.9. The Bertz CT molecular complexity index is 1260. The first-order valence-electron chi connectivity index (χ1n) is 10.6. The van der Waals surface area contributed by atoms with Crippen molar-refractivity contribution in [2.45, 2.75) is 31.9 Å². The number of Topliss-reactive ketones (excluding diaryl/α,β-unsaturated/α-hetero) is 1. The second-order valence-electron chi connectivity index (χ2n) is 8.05. The Morgan fingerprint density at radius 3 is 2.38 bits per heavy atom. The summed E-state index contributed by atoms with van der Waals surface area (Å²) in [6.45, 7) is 0. The number of nitrogens with zero attached hydrogens (tertiary/aromatic N) is 3. The highest BCUT2D eigenvalue weighted by molar-refractivity contribution is 5.98. The number of benzene rings is 1. The fourth-order valence-corrected chi connectivity index (χ4v) is 3.34. The second-order valence-corrected chi connectivity index (χ2v) is 8.05. The number of carbonyl (C=O) groups is 2. The number of ketones is 1. The van der Waals surface area contributed by atoms with Crippen molar-refractivity contribution in [3.63, 3.8) is 0 Å². The Balaban J connectivity index is 1.59. The van der Waals surface area contributed by atoms with E-state index >= 15 is 0 Å². The van der Waals surface area contributed by atoms with Crippen molar-refractivity contribution in [1.29, 1.82) is 5.26 Å². The van der Waals surface area contributed by atoms with Crippen LogP contribution < -0.4 is 5.32 Å². The van der Waals surface area contributed by atoms with Gasteiger partial charge in [-0.1, -0.05) is 18.2 Å². The molecule has 1 fully saturated rings. The number of pyridine rings is 2. The van der Waals surface area contributed by atoms with Crippen LogP contribution in [0.15, 0.2) is 54.7 Å². The summed E-state index contributed by atoms with van der Waals surface area (Å²) in [5, 5.41) is 11.6. The maximum absolute atomic E-state index is 12.9. The lowest BCUT2D eigenvalue weighted by molar-refractivity contribution is -0.141. The highest BCUT2D eigenvalue weighted by atomic mass is 19.4. The molecule has 34 heavy (non-hydrogen) atoms. The molecule has 0 radical (unpaired) electrons. The van der Waals surface area contributed by atoms with Gasteiger partial charge < -0.3 is 5.32 Å². The van der Waals surface area contributed by atoms with Gasteiger partial charge in [0.1, 0.15) is 17.2 Å². The summed E-state index contributed by atoms with van der Waals surface area (Å²) in [5.41, 5.74) is 1.24. The van der Waals surface area contributed by atoms with Gasteiger partial charge in [-0.3, -0.25) is 14.6 Å². The zero-order valence-electron chi connectivity index (χ0n) is 17.9. The fraction of sp³-hybridized carbons (Fsp3) is 0.240. The first kappa shape index (κ1) is 23.1. The maximum Gasteiger partial charge on any atom is 0.433 e. The number of anilines is 1. The highest BCUT2D eigenvalue weighted by Gasteiger charge is 2.32. The van der Waals surface area contributed by atoms with Crippen molar-refractivity contribution in [3.05, 3.63) is 77.2 Å². The van der Waals surface area contributed by atoms with Crippen molar-refractivity contribution in [2.75, 3.05) is 5.32 Å². The second kappa shape index (κ2) is 9.43. The minimum atomic E-state index is -4.56. The van der Waals surface area contributed by atoms with E-state index in [0.717, 1.165) is 30.7 Å². The van der Waals surface area contributed by atoms with E-state index < -0.39 is 11.9 Å². The number of hydrogen-bond donors (Lipinski definition) is 1. The van der Waals surface area contributed by atoms with Gasteiger partial charge in [0.15, 0.2) is 5.78 Å². The molecule has 4 rings (SSSR count). The van der Waals surface area contributed by atoms with E-state index in [1.165, 1.54) is 18.2 Å². The Kier molecular flexibility index (Phi) is 6.41. The number of alkyl halides is 3. The summed E-state index contributed by atoms with van der Waals surface area (Å²) in [6.07, 6.45) is -1.37. The highest BCUT2D eigenvalue weighted by Crippen LogP contribution is 2.32. The molecule has 0 saturated heterocycles. The first-order valence-corrected chi connectivity index (χ1v) is 10.6. The lowest BCUT2D eigenvalue weighted by Crippen LogP contribution is -2.16. The van der Waals surface area contributed by atoms with E-state index in [-0.39, 0.29) is 35.5 Å². The van der Waals surface area contributed by atoms with Crippen LogP contribution >= 0.6 is 0 Å². The molecular formula is C25H19F3N4O2. The molecule has 2 aromatic heterocycles. The molecule has 172 valence electrons. The van der Waals surface area contributed by atoms with Crippen LogP contribution in [0.5, 0.6) is 0 Å². The van der Waals surface area contributed by atoms with Crippen molar-refractivity contribution >= 4 is 17.5 Å². The van der Waals surface area contributed by atoms with Gasteiger partial charge in [-0.25, -0.2) is 4.98 Å². The molecule has 3 aromatic rings. The van der Waals surface area contributed by atoms with Gasteiger partial charge in [0.25, 0.3) is 0 Å². The summed E-state index contributed by atoms with van der Waals surface area (Å²) in [7, 11) is 0. The van der Waals surface area contributed by atoms with Crippen LogP contribution in [0.4, 0.5) is 19.0 Å². The normalized spacial score (nSPS) is 13.2. The average Bonchev–Trinajstić information content (AvgIpc) is 3.68. The topological polar surface area (TPSA) is 95.7 Å². The third-order valence-electron chi connectivity index (χ3n) is 5.42. The first-order chi connectivity index (χ1) is 16.2. The molecule has 1 aromatic carbocycles. The lowest BCUT2D eigenvalue weighted by Gasteiger charge is -2.11. The molecule has 1 saturated carbocycles. The van der Waals surface area contributed by atoms with Crippen LogP contribution in [-0.4, -0.2) is 21.7 Å². The van der Waals surface area contributed by atoms with Crippen molar-refractivity contribution in [3.8, 4) is 17.2 Å². The van der Waals surface area contributed by atoms with Crippen LogP contribution in [0.25, 0.3) is 11.1 Å². The zero-order valence-corrected chi connectivity index (χ0v) is 17.9. The summed E-state index contributed by atoms with van der Waals surface area (Å²) >= 11 is 0. The van der Waals surface area contributed by atoms with Gasteiger partial charge in [0.2, 0.25) is 5.91 Å². The van der Waals surface area contributed by atoms with Crippen molar-refractivity contribution in [1.82, 2.24) is 9.97 Å². The number of carbonyl (C=O) groups excluding carboxylic acids is 2. The Morgan fingerprint density at radius 1 is 1.06 bits per heavy atom. The predicted octanol–water partition coefficient (Wildman–Crippen LogP) is 5.20. The smallest absolute Gasteiger partial charge is 0.310 e.